The third-order valence-electron chi connectivity index (χ3n) is 4.19. The molecule has 4 rings (SSSR count). The minimum absolute atomic E-state index is 0.0184. The molecule has 0 aliphatic heterocycles. The minimum Gasteiger partial charge on any atom is -0.310 e. The van der Waals surface area contributed by atoms with Crippen molar-refractivity contribution >= 4 is 43.6 Å². The number of sulfonamides is 1. The molecule has 148 valence electrons. The number of aromatic amines is 2. The number of benzene rings is 2. The average molecular weight is 430 g/mol. The minimum atomic E-state index is -3.83. The molecule has 2 heterocycles. The number of anilines is 2. The quantitative estimate of drug-likeness (QED) is 0.439. The predicted octanol–water partition coefficient (Wildman–Crippen LogP) is 1.57. The standard InChI is InChI=1S/C18H16N6O3S2/c1-28(25)13-6-2-4-11(8-13)15-16-17(21-10-20-16)24-18(23-15)22-12-5-3-7-14(9-12)29(19,26)27/h2-10H,1H3,(H2,19,26,27)(H2,20,21,22,23,24)/p+1. The van der Waals surface area contributed by atoms with E-state index < -0.39 is 20.8 Å². The lowest BCUT2D eigenvalue weighted by atomic mass is 10.1. The molecule has 0 radical (unpaired) electrons. The molecule has 0 aliphatic rings. The molecule has 0 fully saturated rings. The van der Waals surface area contributed by atoms with E-state index in [9.17, 15) is 12.6 Å². The van der Waals surface area contributed by atoms with Gasteiger partial charge in [0.05, 0.1) is 4.90 Å². The number of nitrogens with two attached hydrogens (primary N) is 1. The van der Waals surface area contributed by atoms with E-state index >= 15 is 0 Å². The molecule has 4 aromatic rings. The molecule has 0 spiro atoms. The fraction of sp³-hybridized carbons (Fsp3) is 0.0556. The van der Waals surface area contributed by atoms with Gasteiger partial charge in [-0.2, -0.15) is 4.98 Å². The summed E-state index contributed by atoms with van der Waals surface area (Å²) in [6.07, 6.45) is 3.25. The highest BCUT2D eigenvalue weighted by atomic mass is 32.2. The van der Waals surface area contributed by atoms with Crippen LogP contribution in [0, 0.1) is 0 Å². The lowest BCUT2D eigenvalue weighted by Gasteiger charge is -2.07. The van der Waals surface area contributed by atoms with Crippen LogP contribution in [0.2, 0.25) is 0 Å². The van der Waals surface area contributed by atoms with E-state index in [1.807, 2.05) is 18.2 Å². The van der Waals surface area contributed by atoms with E-state index in [2.05, 4.69) is 25.3 Å². The van der Waals surface area contributed by atoms with Crippen molar-refractivity contribution in [1.29, 1.82) is 0 Å². The molecule has 2 aromatic carbocycles. The van der Waals surface area contributed by atoms with Crippen molar-refractivity contribution in [3.63, 3.8) is 0 Å². The van der Waals surface area contributed by atoms with Crippen LogP contribution in [0.4, 0.5) is 11.6 Å². The molecular formula is C18H17N6O3S2+. The maximum absolute atomic E-state index is 11.9. The summed E-state index contributed by atoms with van der Waals surface area (Å²) >= 11 is 0. The highest BCUT2D eigenvalue weighted by Crippen LogP contribution is 2.27. The van der Waals surface area contributed by atoms with Gasteiger partial charge in [-0.25, -0.2) is 18.5 Å². The molecule has 0 amide bonds. The predicted molar refractivity (Wildman–Crippen MR) is 109 cm³/mol. The first-order valence-corrected chi connectivity index (χ1v) is 11.5. The lowest BCUT2D eigenvalue weighted by Crippen LogP contribution is -2.12. The van der Waals surface area contributed by atoms with Gasteiger partial charge in [0, 0.05) is 33.2 Å². The van der Waals surface area contributed by atoms with Crippen molar-refractivity contribution in [1.82, 2.24) is 15.0 Å². The Morgan fingerprint density at radius 2 is 1.93 bits per heavy atom. The summed E-state index contributed by atoms with van der Waals surface area (Å²) < 4.78 is 35.0. The number of H-pyrrole nitrogens is 2. The second kappa shape index (κ2) is 7.35. The number of nitrogens with one attached hydrogen (secondary N) is 3. The molecular weight excluding hydrogens is 412 g/mol. The smallest absolute Gasteiger partial charge is 0.305 e. The van der Waals surface area contributed by atoms with E-state index in [1.54, 1.807) is 30.8 Å². The lowest BCUT2D eigenvalue weighted by molar-refractivity contribution is -0.347. The van der Waals surface area contributed by atoms with Gasteiger partial charge in [-0.15, -0.1) is 0 Å². The Labute approximate surface area is 168 Å². The highest BCUT2D eigenvalue weighted by molar-refractivity contribution is 7.89. The molecule has 2 aromatic heterocycles. The number of aromatic nitrogens is 4. The largest absolute Gasteiger partial charge is 0.310 e. The van der Waals surface area contributed by atoms with Crippen LogP contribution < -0.4 is 15.4 Å². The van der Waals surface area contributed by atoms with Crippen LogP contribution in [0.15, 0.2) is 64.6 Å². The van der Waals surface area contributed by atoms with Crippen LogP contribution in [-0.4, -0.2) is 33.8 Å². The Morgan fingerprint density at radius 3 is 2.69 bits per heavy atom. The summed E-state index contributed by atoms with van der Waals surface area (Å²) in [5.41, 5.74) is 3.09. The van der Waals surface area contributed by atoms with E-state index in [0.717, 1.165) is 5.56 Å². The van der Waals surface area contributed by atoms with Crippen LogP contribution in [0.3, 0.4) is 0 Å². The van der Waals surface area contributed by atoms with E-state index in [4.69, 9.17) is 5.14 Å². The number of hydrogen-bond acceptors (Lipinski definition) is 6. The molecule has 29 heavy (non-hydrogen) atoms. The Bertz CT molecular complexity index is 1350. The second-order valence-electron chi connectivity index (χ2n) is 6.23. The average Bonchev–Trinajstić information content (AvgIpc) is 3.15. The van der Waals surface area contributed by atoms with Crippen molar-refractivity contribution in [3.05, 3.63) is 54.9 Å². The third kappa shape index (κ3) is 4.01. The van der Waals surface area contributed by atoms with Crippen LogP contribution in [0.1, 0.15) is 0 Å². The van der Waals surface area contributed by atoms with Gasteiger partial charge >= 0.3 is 11.6 Å². The molecule has 0 saturated heterocycles. The van der Waals surface area contributed by atoms with Crippen molar-refractivity contribution in [2.24, 2.45) is 5.14 Å². The summed E-state index contributed by atoms with van der Waals surface area (Å²) in [5, 5.41) is 8.21. The first-order chi connectivity index (χ1) is 13.8. The topological polar surface area (TPSA) is 145 Å². The van der Waals surface area contributed by atoms with Crippen LogP contribution in [-0.2, 0) is 20.8 Å². The van der Waals surface area contributed by atoms with Gasteiger partial charge in [0.2, 0.25) is 10.0 Å². The van der Waals surface area contributed by atoms with Crippen LogP contribution >= 0.6 is 0 Å². The van der Waals surface area contributed by atoms with Crippen LogP contribution in [0.5, 0.6) is 0 Å². The molecule has 0 aliphatic carbocycles. The van der Waals surface area contributed by atoms with Gasteiger partial charge < -0.3 is 5.32 Å². The van der Waals surface area contributed by atoms with Crippen molar-refractivity contribution in [2.45, 2.75) is 9.79 Å². The second-order valence-corrected chi connectivity index (χ2v) is 9.17. The molecule has 1 atom stereocenters. The van der Waals surface area contributed by atoms with Crippen LogP contribution in [0.25, 0.3) is 22.4 Å². The SMILES string of the molecule is CS(=O)c1cccc(-c2nc(Nc3cccc(S(N)(=O)=O)c3)nc3[nH+]c[nH]c23)c1. The van der Waals surface area contributed by atoms with Gasteiger partial charge in [-0.1, -0.05) is 23.2 Å². The van der Waals surface area contributed by atoms with Gasteiger partial charge in [0.1, 0.15) is 5.69 Å². The monoisotopic (exact) mass is 429 g/mol. The molecule has 1 unspecified atom stereocenters. The van der Waals surface area contributed by atoms with Crippen molar-refractivity contribution in [2.75, 3.05) is 11.6 Å². The summed E-state index contributed by atoms with van der Waals surface area (Å²) in [7, 11) is -4.96. The number of nitrogens with zero attached hydrogens (tertiary/aromatic N) is 2. The van der Waals surface area contributed by atoms with Crippen molar-refractivity contribution < 1.29 is 17.6 Å². The zero-order valence-corrected chi connectivity index (χ0v) is 16.8. The third-order valence-corrected chi connectivity index (χ3v) is 6.02. The number of rotatable bonds is 5. The maximum Gasteiger partial charge on any atom is 0.305 e. The number of hydrogen-bond donors (Lipinski definition) is 3. The fourth-order valence-corrected chi connectivity index (χ4v) is 3.97. The van der Waals surface area contributed by atoms with Gasteiger partial charge in [0.15, 0.2) is 11.8 Å². The van der Waals surface area contributed by atoms with Gasteiger partial charge in [-0.3, -0.25) is 9.19 Å². The van der Waals surface area contributed by atoms with Gasteiger partial charge in [0.25, 0.3) is 0 Å². The number of imidazole rings is 1. The first-order valence-electron chi connectivity index (χ1n) is 8.42. The molecule has 0 saturated carbocycles. The molecule has 0 bridgehead atoms. The Hall–Kier alpha value is -3.15. The Kier molecular flexibility index (Phi) is 4.86. The highest BCUT2D eigenvalue weighted by Gasteiger charge is 2.18. The summed E-state index contributed by atoms with van der Waals surface area (Å²) in [5.74, 6) is 0.262. The van der Waals surface area contributed by atoms with E-state index in [0.29, 0.717) is 27.4 Å². The summed E-state index contributed by atoms with van der Waals surface area (Å²) in [4.78, 5) is 15.7. The zero-order chi connectivity index (χ0) is 20.6. The fourth-order valence-electron chi connectivity index (χ4n) is 2.85. The number of primary sulfonamides is 1. The normalized spacial score (nSPS) is 12.8. The van der Waals surface area contributed by atoms with E-state index in [-0.39, 0.29) is 10.8 Å². The van der Waals surface area contributed by atoms with Gasteiger partial charge in [-0.05, 0) is 30.3 Å². The zero-order valence-electron chi connectivity index (χ0n) is 15.2. The maximum atomic E-state index is 11.9. The molecule has 9 nitrogen and oxygen atoms in total. The van der Waals surface area contributed by atoms with Crippen molar-refractivity contribution in [3.8, 4) is 11.3 Å². The Morgan fingerprint density at radius 1 is 1.14 bits per heavy atom. The summed E-state index contributed by atoms with van der Waals surface area (Å²) in [6, 6.07) is 13.4. The molecule has 11 heteroatoms. The summed E-state index contributed by atoms with van der Waals surface area (Å²) in [6.45, 7) is 0. The van der Waals surface area contributed by atoms with E-state index in [1.165, 1.54) is 12.1 Å². The molecule has 5 N–H and O–H groups in total. The first kappa shape index (κ1) is 19.2. The Balaban J connectivity index is 1.80. The number of fused-ring (bicyclic) bond motifs is 1.